The van der Waals surface area contributed by atoms with Gasteiger partial charge in [-0.15, -0.1) is 10.2 Å². The number of pyridine rings is 1. The SMILES string of the molecule is CC(C)c1cc(NC(=O)Nc2cccc(-c3nncn3C(C)C)n2)n[nH]1. The largest absolute Gasteiger partial charge is 0.326 e. The van der Waals surface area contributed by atoms with Gasteiger partial charge in [0.15, 0.2) is 11.6 Å². The Balaban J connectivity index is 1.72. The maximum Gasteiger partial charge on any atom is 0.326 e. The number of nitrogens with one attached hydrogen (secondary N) is 3. The first kappa shape index (κ1) is 17.6. The third-order valence-electron chi connectivity index (χ3n) is 3.81. The van der Waals surface area contributed by atoms with Crippen molar-refractivity contribution >= 4 is 17.7 Å². The molecule has 0 radical (unpaired) electrons. The van der Waals surface area contributed by atoms with Crippen LogP contribution in [0.5, 0.6) is 0 Å². The molecule has 3 N–H and O–H groups in total. The molecule has 0 fully saturated rings. The van der Waals surface area contributed by atoms with Crippen molar-refractivity contribution in [1.82, 2.24) is 29.9 Å². The van der Waals surface area contributed by atoms with Crippen LogP contribution in [0.15, 0.2) is 30.6 Å². The molecule has 9 nitrogen and oxygen atoms in total. The zero-order valence-corrected chi connectivity index (χ0v) is 15.2. The van der Waals surface area contributed by atoms with Crippen LogP contribution >= 0.6 is 0 Å². The predicted octanol–water partition coefficient (Wildman–Crippen LogP) is 3.41. The third kappa shape index (κ3) is 3.88. The molecule has 3 heterocycles. The van der Waals surface area contributed by atoms with Gasteiger partial charge in [0.05, 0.1) is 0 Å². The number of aromatic amines is 1. The molecule has 0 aromatic carbocycles. The van der Waals surface area contributed by atoms with Crippen LogP contribution in [0, 0.1) is 0 Å². The Morgan fingerprint density at radius 1 is 1.15 bits per heavy atom. The number of urea groups is 1. The molecule has 0 atom stereocenters. The van der Waals surface area contributed by atoms with E-state index >= 15 is 0 Å². The average Bonchev–Trinajstić information content (AvgIpc) is 3.24. The number of rotatable bonds is 5. The van der Waals surface area contributed by atoms with Crippen molar-refractivity contribution in [1.29, 1.82) is 0 Å². The van der Waals surface area contributed by atoms with Gasteiger partial charge in [0.2, 0.25) is 0 Å². The maximum absolute atomic E-state index is 12.2. The van der Waals surface area contributed by atoms with E-state index in [-0.39, 0.29) is 6.04 Å². The van der Waals surface area contributed by atoms with Crippen LogP contribution in [0.4, 0.5) is 16.4 Å². The van der Waals surface area contributed by atoms with E-state index in [4.69, 9.17) is 0 Å². The van der Waals surface area contributed by atoms with Crippen molar-refractivity contribution in [2.75, 3.05) is 10.6 Å². The van der Waals surface area contributed by atoms with Gasteiger partial charge in [0, 0.05) is 17.8 Å². The lowest BCUT2D eigenvalue weighted by atomic mass is 10.1. The molecular weight excluding hydrogens is 332 g/mol. The summed E-state index contributed by atoms with van der Waals surface area (Å²) in [6, 6.07) is 6.94. The Bertz CT molecular complexity index is 896. The molecule has 0 bridgehead atoms. The Morgan fingerprint density at radius 3 is 2.62 bits per heavy atom. The molecule has 2 amide bonds. The summed E-state index contributed by atoms with van der Waals surface area (Å²) in [5, 5.41) is 20.4. The molecule has 0 spiro atoms. The molecule has 3 aromatic heterocycles. The lowest BCUT2D eigenvalue weighted by molar-refractivity contribution is 0.262. The number of anilines is 2. The minimum Gasteiger partial charge on any atom is -0.310 e. The molecule has 0 saturated heterocycles. The number of hydrogen-bond acceptors (Lipinski definition) is 5. The molecular formula is C17H22N8O. The van der Waals surface area contributed by atoms with E-state index in [0.29, 0.717) is 29.1 Å². The van der Waals surface area contributed by atoms with Gasteiger partial charge in [-0.25, -0.2) is 9.78 Å². The Hall–Kier alpha value is -3.23. The average molecular weight is 354 g/mol. The third-order valence-corrected chi connectivity index (χ3v) is 3.81. The summed E-state index contributed by atoms with van der Waals surface area (Å²) in [5.41, 5.74) is 1.59. The van der Waals surface area contributed by atoms with Gasteiger partial charge in [-0.1, -0.05) is 19.9 Å². The van der Waals surface area contributed by atoms with Gasteiger partial charge < -0.3 is 4.57 Å². The molecule has 0 aliphatic heterocycles. The second-order valence-corrected chi connectivity index (χ2v) is 6.51. The molecule has 0 aliphatic carbocycles. The molecule has 26 heavy (non-hydrogen) atoms. The first-order chi connectivity index (χ1) is 12.4. The van der Waals surface area contributed by atoms with Crippen LogP contribution < -0.4 is 10.6 Å². The van der Waals surface area contributed by atoms with Gasteiger partial charge in [0.1, 0.15) is 17.8 Å². The van der Waals surface area contributed by atoms with Crippen LogP contribution in [0.2, 0.25) is 0 Å². The molecule has 9 heteroatoms. The number of amides is 2. The zero-order chi connectivity index (χ0) is 18.7. The summed E-state index contributed by atoms with van der Waals surface area (Å²) in [6.07, 6.45) is 1.67. The normalized spacial score (nSPS) is 11.2. The molecule has 3 aromatic rings. The molecule has 0 aliphatic rings. The molecule has 0 unspecified atom stereocenters. The second-order valence-electron chi connectivity index (χ2n) is 6.51. The first-order valence-electron chi connectivity index (χ1n) is 8.44. The van der Waals surface area contributed by atoms with Gasteiger partial charge in [-0.2, -0.15) is 5.10 Å². The second kappa shape index (κ2) is 7.34. The minimum atomic E-state index is -0.415. The summed E-state index contributed by atoms with van der Waals surface area (Å²) in [7, 11) is 0. The van der Waals surface area contributed by atoms with Crippen molar-refractivity contribution in [3.05, 3.63) is 36.3 Å². The summed E-state index contributed by atoms with van der Waals surface area (Å²) in [4.78, 5) is 16.6. The Labute approximate surface area is 151 Å². The Kier molecular flexibility index (Phi) is 4.97. The standard InChI is InChI=1S/C17H22N8O/c1-10(2)13-8-15(23-22-13)21-17(26)20-14-7-5-6-12(19-14)16-24-18-9-25(16)11(3)4/h5-11H,1-4H3,(H3,19,20,21,22,23,26). The van der Waals surface area contributed by atoms with Crippen LogP contribution in [0.3, 0.4) is 0 Å². The molecule has 3 rings (SSSR count). The molecule has 0 saturated carbocycles. The van der Waals surface area contributed by atoms with Crippen molar-refractivity contribution in [2.24, 2.45) is 0 Å². The summed E-state index contributed by atoms with van der Waals surface area (Å²) >= 11 is 0. The van der Waals surface area contributed by atoms with Gasteiger partial charge in [0.25, 0.3) is 0 Å². The number of hydrogen-bond donors (Lipinski definition) is 3. The van der Waals surface area contributed by atoms with Crippen molar-refractivity contribution in [3.8, 4) is 11.5 Å². The van der Waals surface area contributed by atoms with E-state index in [1.165, 1.54) is 0 Å². The van der Waals surface area contributed by atoms with Crippen LogP contribution in [-0.2, 0) is 0 Å². The van der Waals surface area contributed by atoms with E-state index < -0.39 is 6.03 Å². The van der Waals surface area contributed by atoms with E-state index in [2.05, 4.69) is 36.0 Å². The topological polar surface area (TPSA) is 113 Å². The Morgan fingerprint density at radius 2 is 1.92 bits per heavy atom. The zero-order valence-electron chi connectivity index (χ0n) is 15.2. The minimum absolute atomic E-state index is 0.205. The smallest absolute Gasteiger partial charge is 0.310 e. The lowest BCUT2D eigenvalue weighted by Crippen LogP contribution is -2.20. The van der Waals surface area contributed by atoms with Gasteiger partial charge >= 0.3 is 6.03 Å². The monoisotopic (exact) mass is 354 g/mol. The van der Waals surface area contributed by atoms with Crippen LogP contribution in [0.25, 0.3) is 11.5 Å². The number of carbonyl (C=O) groups excluding carboxylic acids is 1. The fraction of sp³-hybridized carbons (Fsp3) is 0.353. The summed E-state index contributed by atoms with van der Waals surface area (Å²) in [6.45, 7) is 8.17. The van der Waals surface area contributed by atoms with E-state index in [9.17, 15) is 4.79 Å². The number of nitrogens with zero attached hydrogens (tertiary/aromatic N) is 5. The lowest BCUT2D eigenvalue weighted by Gasteiger charge is -2.10. The maximum atomic E-state index is 12.2. The highest BCUT2D eigenvalue weighted by atomic mass is 16.2. The summed E-state index contributed by atoms with van der Waals surface area (Å²) in [5.74, 6) is 1.83. The van der Waals surface area contributed by atoms with Crippen LogP contribution in [0.1, 0.15) is 45.3 Å². The van der Waals surface area contributed by atoms with Gasteiger partial charge in [-0.3, -0.25) is 15.7 Å². The predicted molar refractivity (Wildman–Crippen MR) is 99.0 cm³/mol. The fourth-order valence-corrected chi connectivity index (χ4v) is 2.39. The van der Waals surface area contributed by atoms with Crippen molar-refractivity contribution in [2.45, 2.75) is 39.7 Å². The van der Waals surface area contributed by atoms with Gasteiger partial charge in [-0.05, 0) is 31.9 Å². The van der Waals surface area contributed by atoms with Crippen molar-refractivity contribution < 1.29 is 4.79 Å². The fourth-order valence-electron chi connectivity index (χ4n) is 2.39. The van der Waals surface area contributed by atoms with Crippen molar-refractivity contribution in [3.63, 3.8) is 0 Å². The van der Waals surface area contributed by atoms with Crippen LogP contribution in [-0.4, -0.2) is 36.0 Å². The highest BCUT2D eigenvalue weighted by Crippen LogP contribution is 2.20. The first-order valence-corrected chi connectivity index (χ1v) is 8.44. The number of carbonyl (C=O) groups is 1. The summed E-state index contributed by atoms with van der Waals surface area (Å²) < 4.78 is 1.92. The van der Waals surface area contributed by atoms with E-state index in [1.807, 2.05) is 44.4 Å². The van der Waals surface area contributed by atoms with E-state index in [0.717, 1.165) is 5.69 Å². The molecule has 136 valence electrons. The van der Waals surface area contributed by atoms with E-state index in [1.54, 1.807) is 18.5 Å². The quantitative estimate of drug-likeness (QED) is 0.650. The highest BCUT2D eigenvalue weighted by molar-refractivity contribution is 5.98. The highest BCUT2D eigenvalue weighted by Gasteiger charge is 2.13. The number of H-pyrrole nitrogens is 1. The number of aromatic nitrogens is 6.